The number of nitrogens with one attached hydrogen (secondary N) is 2. The van der Waals surface area contributed by atoms with Crippen LogP contribution >= 0.6 is 0 Å². The second kappa shape index (κ2) is 13.7. The Morgan fingerprint density at radius 2 is 1.85 bits per heavy atom. The van der Waals surface area contributed by atoms with Gasteiger partial charge >= 0.3 is 18.3 Å². The topological polar surface area (TPSA) is 86.8 Å². The predicted molar refractivity (Wildman–Crippen MR) is 176 cm³/mol. The number of alkyl halides is 3. The Morgan fingerprint density at radius 1 is 1.06 bits per heavy atom. The number of amides is 3. The average Bonchev–Trinajstić information content (AvgIpc) is 3.55. The highest BCUT2D eigenvalue weighted by Crippen LogP contribution is 2.52. The summed E-state index contributed by atoms with van der Waals surface area (Å²) in [4.78, 5) is 34.5. The third-order valence-electron chi connectivity index (χ3n) is 9.54. The monoisotopic (exact) mass is 647 g/mol. The fraction of sp³-hybridized carbons (Fsp3) is 0.417. The first kappa shape index (κ1) is 32.4. The van der Waals surface area contributed by atoms with Gasteiger partial charge in [-0.05, 0) is 79.0 Å². The van der Waals surface area contributed by atoms with Crippen LogP contribution in [0.25, 0.3) is 11.3 Å². The van der Waals surface area contributed by atoms with Gasteiger partial charge in [0.2, 0.25) is 0 Å². The number of halogens is 3. The van der Waals surface area contributed by atoms with Crippen molar-refractivity contribution in [2.45, 2.75) is 57.8 Å². The van der Waals surface area contributed by atoms with Crippen molar-refractivity contribution in [2.75, 3.05) is 34.8 Å². The maximum atomic E-state index is 13.7. The number of alkyl carbamates (subject to hydrolysis) is 1. The molecule has 4 atom stereocenters. The van der Waals surface area contributed by atoms with E-state index < -0.39 is 17.8 Å². The van der Waals surface area contributed by atoms with E-state index in [2.05, 4.69) is 29.0 Å². The Labute approximate surface area is 273 Å². The lowest BCUT2D eigenvalue weighted by atomic mass is 10.1. The van der Waals surface area contributed by atoms with Crippen LogP contribution in [0.5, 0.6) is 0 Å². The van der Waals surface area contributed by atoms with E-state index in [0.717, 1.165) is 62.0 Å². The lowest BCUT2D eigenvalue weighted by Crippen LogP contribution is -2.48. The zero-order valence-corrected chi connectivity index (χ0v) is 26.4. The zero-order chi connectivity index (χ0) is 33.1. The van der Waals surface area contributed by atoms with Gasteiger partial charge in [0.1, 0.15) is 0 Å². The molecular formula is C36H40F3N5O3. The first-order valence-electron chi connectivity index (χ1n) is 16.3. The van der Waals surface area contributed by atoms with E-state index in [1.165, 1.54) is 6.07 Å². The Morgan fingerprint density at radius 3 is 2.60 bits per heavy atom. The summed E-state index contributed by atoms with van der Waals surface area (Å²) < 4.78 is 45.6. The van der Waals surface area contributed by atoms with Gasteiger partial charge in [0.05, 0.1) is 29.6 Å². The van der Waals surface area contributed by atoms with Gasteiger partial charge in [-0.3, -0.25) is 4.90 Å². The van der Waals surface area contributed by atoms with E-state index >= 15 is 0 Å². The average molecular weight is 648 g/mol. The number of ether oxygens (including phenoxy) is 1. The number of carbonyl (C=O) groups excluding carboxylic acids is 2. The van der Waals surface area contributed by atoms with Crippen LogP contribution in [0.15, 0.2) is 73.3 Å². The second-order valence-electron chi connectivity index (χ2n) is 12.6. The van der Waals surface area contributed by atoms with Gasteiger partial charge in [0.15, 0.2) is 5.82 Å². The Kier molecular flexibility index (Phi) is 9.42. The highest BCUT2D eigenvalue weighted by atomic mass is 19.4. The lowest BCUT2D eigenvalue weighted by molar-refractivity contribution is -0.137. The smallest absolute Gasteiger partial charge is 0.416 e. The number of hydrogen-bond acceptors (Lipinski definition) is 5. The molecule has 3 aliphatic rings. The molecule has 2 aromatic carbocycles. The largest absolute Gasteiger partial charge is 0.449 e. The van der Waals surface area contributed by atoms with Crippen molar-refractivity contribution in [3.63, 3.8) is 0 Å². The number of fused-ring (bicyclic) bond motifs is 4. The van der Waals surface area contributed by atoms with Crippen LogP contribution in [0.4, 0.5) is 40.0 Å². The molecule has 11 heteroatoms. The Hall–Kier alpha value is -4.54. The Balaban J connectivity index is 1.07. The molecule has 1 aliphatic carbocycles. The molecule has 3 amide bonds. The number of pyridine rings is 1. The highest BCUT2D eigenvalue weighted by molar-refractivity contribution is 6.04. The molecule has 0 spiro atoms. The molecule has 0 unspecified atom stereocenters. The van der Waals surface area contributed by atoms with Crippen molar-refractivity contribution < 1.29 is 27.5 Å². The standard InChI is InChI=1S/C36H40F3N5O3/c1-3-5-10-29-28(7-4-2)30(29)22-47-35(46)40-20-23-11-13-26(14-12-23)41-34(45)44-27-17-18-43(21-27)32-16-15-31(42-33(32)44)24-8-6-9-25(19-24)36(37,38)39/h3,6,8-9,11-16,19,27-30H,1,4-5,7,10,17-18,20-22H2,2H3,(H,40,46)(H,41,45)/t27-,28+,29-,30+/m0/s1. The molecule has 2 fully saturated rings. The fourth-order valence-electron chi connectivity index (χ4n) is 7.05. The van der Waals surface area contributed by atoms with Crippen LogP contribution in [-0.4, -0.2) is 42.8 Å². The molecular weight excluding hydrogens is 607 g/mol. The van der Waals surface area contributed by atoms with Crippen molar-refractivity contribution in [3.8, 4) is 11.3 Å². The third-order valence-corrected chi connectivity index (χ3v) is 9.54. The normalized spacial score (nSPS) is 21.2. The van der Waals surface area contributed by atoms with Crippen LogP contribution in [0.2, 0.25) is 0 Å². The van der Waals surface area contributed by atoms with Crippen LogP contribution in [0, 0.1) is 17.8 Å². The van der Waals surface area contributed by atoms with Crippen molar-refractivity contribution in [2.24, 2.45) is 17.8 Å². The van der Waals surface area contributed by atoms with Gasteiger partial charge in [-0.1, -0.05) is 50.1 Å². The molecule has 3 aromatic rings. The van der Waals surface area contributed by atoms with E-state index in [0.29, 0.717) is 53.7 Å². The summed E-state index contributed by atoms with van der Waals surface area (Å²) in [5, 5.41) is 5.76. The van der Waals surface area contributed by atoms with Gasteiger partial charge in [-0.2, -0.15) is 13.2 Å². The molecule has 2 bridgehead atoms. The molecule has 1 aromatic heterocycles. The number of anilines is 3. The molecule has 3 heterocycles. The summed E-state index contributed by atoms with van der Waals surface area (Å²) in [5.41, 5.74) is 2.11. The van der Waals surface area contributed by atoms with Crippen molar-refractivity contribution in [1.82, 2.24) is 10.3 Å². The van der Waals surface area contributed by atoms with Gasteiger partial charge in [-0.15, -0.1) is 6.58 Å². The summed E-state index contributed by atoms with van der Waals surface area (Å²) in [7, 11) is 0. The molecule has 1 saturated carbocycles. The number of allylic oxidation sites excluding steroid dienone is 1. The summed E-state index contributed by atoms with van der Waals surface area (Å²) in [5.74, 6) is 2.06. The number of hydrogen-bond donors (Lipinski definition) is 2. The van der Waals surface area contributed by atoms with E-state index in [1.807, 2.05) is 24.3 Å². The maximum absolute atomic E-state index is 13.7. The highest BCUT2D eigenvalue weighted by Gasteiger charge is 2.48. The van der Waals surface area contributed by atoms with E-state index in [-0.39, 0.29) is 18.6 Å². The number of nitrogens with zero attached hydrogens (tertiary/aromatic N) is 3. The molecule has 47 heavy (non-hydrogen) atoms. The molecule has 2 N–H and O–H groups in total. The molecule has 8 nitrogen and oxygen atoms in total. The van der Waals surface area contributed by atoms with Crippen LogP contribution < -0.4 is 20.4 Å². The quantitative estimate of drug-likeness (QED) is 0.205. The van der Waals surface area contributed by atoms with Crippen molar-refractivity contribution >= 4 is 29.3 Å². The minimum absolute atomic E-state index is 0.119. The number of aromatic nitrogens is 1. The van der Waals surface area contributed by atoms with Crippen molar-refractivity contribution in [1.29, 1.82) is 0 Å². The molecule has 6 rings (SSSR count). The van der Waals surface area contributed by atoms with Gasteiger partial charge in [-0.25, -0.2) is 14.6 Å². The van der Waals surface area contributed by atoms with Crippen LogP contribution in [0.1, 0.15) is 50.2 Å². The summed E-state index contributed by atoms with van der Waals surface area (Å²) in [6.45, 7) is 8.12. The minimum atomic E-state index is -4.47. The summed E-state index contributed by atoms with van der Waals surface area (Å²) >= 11 is 0. The fourth-order valence-corrected chi connectivity index (χ4v) is 7.05. The number of rotatable bonds is 11. The lowest BCUT2D eigenvalue weighted by Gasteiger charge is -2.36. The van der Waals surface area contributed by atoms with Gasteiger partial charge in [0, 0.05) is 30.9 Å². The second-order valence-corrected chi connectivity index (χ2v) is 12.6. The number of carbonyl (C=O) groups is 2. The third kappa shape index (κ3) is 7.24. The number of benzene rings is 2. The van der Waals surface area contributed by atoms with Crippen molar-refractivity contribution in [3.05, 3.63) is 84.4 Å². The van der Waals surface area contributed by atoms with Crippen LogP contribution in [0.3, 0.4) is 0 Å². The zero-order valence-electron chi connectivity index (χ0n) is 26.4. The molecule has 0 radical (unpaired) electrons. The molecule has 248 valence electrons. The maximum Gasteiger partial charge on any atom is 0.416 e. The predicted octanol–water partition coefficient (Wildman–Crippen LogP) is 8.25. The van der Waals surface area contributed by atoms with Crippen LogP contribution in [-0.2, 0) is 17.5 Å². The van der Waals surface area contributed by atoms with Gasteiger partial charge in [0.25, 0.3) is 0 Å². The molecule has 2 aliphatic heterocycles. The first-order valence-corrected chi connectivity index (χ1v) is 16.3. The summed E-state index contributed by atoms with van der Waals surface area (Å²) in [6.07, 6.45) is 2.12. The van der Waals surface area contributed by atoms with E-state index in [1.54, 1.807) is 29.2 Å². The number of urea groups is 1. The van der Waals surface area contributed by atoms with E-state index in [9.17, 15) is 22.8 Å². The molecule has 1 saturated heterocycles. The summed E-state index contributed by atoms with van der Waals surface area (Å²) in [6, 6.07) is 15.3. The SMILES string of the molecule is C=CCC[C@H]1[C@@H](CCC)[C@H]1COC(=O)NCc1ccc(NC(=O)N2c3nc(-c4cccc(C(F)(F)F)c4)ccc3N3CC[C@H]2C3)cc1. The first-order chi connectivity index (χ1) is 22.7. The van der Waals surface area contributed by atoms with E-state index in [4.69, 9.17) is 9.72 Å². The minimum Gasteiger partial charge on any atom is -0.449 e. The van der Waals surface area contributed by atoms with Gasteiger partial charge < -0.3 is 20.3 Å². The Bertz CT molecular complexity index is 1610.